The number of nitrogens with zero attached hydrogens (tertiary/aromatic N) is 1. The lowest BCUT2D eigenvalue weighted by Crippen LogP contribution is -2.15. The third-order valence-corrected chi connectivity index (χ3v) is 3.51. The van der Waals surface area contributed by atoms with Crippen LogP contribution in [0.4, 0.5) is 23.2 Å². The number of rotatable bonds is 4. The molecular weight excluding hydrogens is 352 g/mol. The first-order valence-corrected chi connectivity index (χ1v) is 7.50. The summed E-state index contributed by atoms with van der Waals surface area (Å²) in [6.07, 6.45) is -4.73. The molecule has 0 aliphatic rings. The fourth-order valence-corrected chi connectivity index (χ4v) is 2.33. The van der Waals surface area contributed by atoms with Gasteiger partial charge in [0.25, 0.3) is 0 Å². The molecule has 0 bridgehead atoms. The van der Waals surface area contributed by atoms with Crippen molar-refractivity contribution in [1.29, 1.82) is 0 Å². The van der Waals surface area contributed by atoms with Crippen molar-refractivity contribution in [1.82, 2.24) is 5.16 Å². The smallest absolute Gasteiger partial charge is 0.356 e. The van der Waals surface area contributed by atoms with E-state index in [1.54, 1.807) is 6.07 Å². The summed E-state index contributed by atoms with van der Waals surface area (Å²) in [5.41, 5.74) is -0.418. The highest BCUT2D eigenvalue weighted by Crippen LogP contribution is 2.30. The molecule has 1 amide bonds. The van der Waals surface area contributed by atoms with Gasteiger partial charge in [-0.1, -0.05) is 23.4 Å². The van der Waals surface area contributed by atoms with Crippen LogP contribution in [0.25, 0.3) is 11.3 Å². The molecule has 1 N–H and O–H groups in total. The zero-order valence-corrected chi connectivity index (χ0v) is 13.2. The Morgan fingerprint density at radius 1 is 1.08 bits per heavy atom. The first-order chi connectivity index (χ1) is 12.3. The monoisotopic (exact) mass is 364 g/mol. The molecule has 4 nitrogen and oxygen atoms in total. The molecule has 2 aromatic carbocycles. The molecular formula is C18H12F4N2O2. The maximum absolute atomic E-state index is 13.7. The quantitative estimate of drug-likeness (QED) is 0.684. The maximum atomic E-state index is 13.7. The van der Waals surface area contributed by atoms with Crippen LogP contribution in [-0.4, -0.2) is 11.1 Å². The van der Waals surface area contributed by atoms with Crippen molar-refractivity contribution in [3.8, 4) is 11.3 Å². The Kier molecular flexibility index (Phi) is 4.75. The lowest BCUT2D eigenvalue weighted by atomic mass is 10.1. The number of nitrogens with one attached hydrogen (secondary N) is 1. The van der Waals surface area contributed by atoms with E-state index in [-0.39, 0.29) is 29.1 Å². The molecule has 3 aromatic rings. The van der Waals surface area contributed by atoms with Gasteiger partial charge in [0.05, 0.1) is 23.2 Å². The second-order valence-electron chi connectivity index (χ2n) is 5.47. The number of amides is 1. The number of carbonyl (C=O) groups excluding carboxylic acids is 1. The van der Waals surface area contributed by atoms with E-state index in [1.807, 2.05) is 0 Å². The molecule has 0 unspecified atom stereocenters. The molecule has 3 rings (SSSR count). The first-order valence-electron chi connectivity index (χ1n) is 7.50. The molecule has 1 heterocycles. The number of hydrogen-bond donors (Lipinski definition) is 1. The number of carbonyl (C=O) groups is 1. The molecule has 0 saturated heterocycles. The topological polar surface area (TPSA) is 55.1 Å². The first kappa shape index (κ1) is 17.7. The highest BCUT2D eigenvalue weighted by Gasteiger charge is 2.30. The van der Waals surface area contributed by atoms with Gasteiger partial charge in [-0.25, -0.2) is 4.39 Å². The minimum absolute atomic E-state index is 0.0163. The molecule has 0 spiro atoms. The minimum atomic E-state index is -4.50. The largest absolute Gasteiger partial charge is 0.416 e. The lowest BCUT2D eigenvalue weighted by Gasteiger charge is -2.09. The summed E-state index contributed by atoms with van der Waals surface area (Å²) in [5, 5.41) is 6.06. The van der Waals surface area contributed by atoms with E-state index < -0.39 is 23.5 Å². The molecule has 0 saturated carbocycles. The van der Waals surface area contributed by atoms with Crippen LogP contribution < -0.4 is 5.32 Å². The average Bonchev–Trinajstić information content (AvgIpc) is 3.02. The van der Waals surface area contributed by atoms with Crippen molar-refractivity contribution in [2.24, 2.45) is 0 Å². The minimum Gasteiger partial charge on any atom is -0.356 e. The number of anilines is 1. The van der Waals surface area contributed by atoms with Gasteiger partial charge in [-0.3, -0.25) is 4.79 Å². The van der Waals surface area contributed by atoms with Gasteiger partial charge < -0.3 is 9.84 Å². The Balaban J connectivity index is 1.69. The molecule has 0 atom stereocenters. The summed E-state index contributed by atoms with van der Waals surface area (Å²) >= 11 is 0. The van der Waals surface area contributed by atoms with Gasteiger partial charge in [-0.2, -0.15) is 13.2 Å². The van der Waals surface area contributed by atoms with Crippen LogP contribution in [0.15, 0.2) is 59.1 Å². The van der Waals surface area contributed by atoms with E-state index in [1.165, 1.54) is 36.4 Å². The van der Waals surface area contributed by atoms with Gasteiger partial charge in [-0.05, 0) is 30.3 Å². The Labute approximate surface area is 145 Å². The number of benzene rings is 2. The molecule has 0 aliphatic heterocycles. The van der Waals surface area contributed by atoms with E-state index in [0.29, 0.717) is 0 Å². The van der Waals surface area contributed by atoms with E-state index in [9.17, 15) is 22.4 Å². The summed E-state index contributed by atoms with van der Waals surface area (Å²) in [7, 11) is 0. The summed E-state index contributed by atoms with van der Waals surface area (Å²) in [5.74, 6) is -0.911. The molecule has 0 radical (unpaired) electrons. The third-order valence-electron chi connectivity index (χ3n) is 3.51. The zero-order chi connectivity index (χ0) is 18.7. The van der Waals surface area contributed by atoms with Crippen LogP contribution in [0.2, 0.25) is 0 Å². The molecule has 26 heavy (non-hydrogen) atoms. The summed E-state index contributed by atoms with van der Waals surface area (Å²) < 4.78 is 56.8. The zero-order valence-electron chi connectivity index (χ0n) is 13.2. The van der Waals surface area contributed by atoms with Crippen molar-refractivity contribution in [3.05, 3.63) is 71.7 Å². The van der Waals surface area contributed by atoms with Crippen LogP contribution in [0.5, 0.6) is 0 Å². The maximum Gasteiger partial charge on any atom is 0.416 e. The van der Waals surface area contributed by atoms with Crippen LogP contribution in [0, 0.1) is 5.82 Å². The lowest BCUT2D eigenvalue weighted by molar-refractivity contribution is -0.137. The number of aromatic nitrogens is 1. The standard InChI is InChI=1S/C18H12F4N2O2/c19-15-7-2-1-6-14(15)16-9-13(24-26-16)10-17(25)23-12-5-3-4-11(8-12)18(20,21)22/h1-9H,10H2,(H,23,25). The third kappa shape index (κ3) is 4.08. The van der Waals surface area contributed by atoms with Gasteiger partial charge >= 0.3 is 6.18 Å². The molecule has 1 aromatic heterocycles. The van der Waals surface area contributed by atoms with E-state index in [0.717, 1.165) is 12.1 Å². The Morgan fingerprint density at radius 2 is 1.85 bits per heavy atom. The van der Waals surface area contributed by atoms with Crippen molar-refractivity contribution < 1.29 is 26.9 Å². The molecule has 0 aliphatic carbocycles. The number of halogens is 4. The van der Waals surface area contributed by atoms with Crippen LogP contribution >= 0.6 is 0 Å². The van der Waals surface area contributed by atoms with Gasteiger partial charge in [-0.15, -0.1) is 0 Å². The summed E-state index contributed by atoms with van der Waals surface area (Å²) in [6, 6.07) is 11.6. The van der Waals surface area contributed by atoms with E-state index in [2.05, 4.69) is 10.5 Å². The van der Waals surface area contributed by atoms with E-state index in [4.69, 9.17) is 4.52 Å². The average molecular weight is 364 g/mol. The van der Waals surface area contributed by atoms with Crippen molar-refractivity contribution in [2.45, 2.75) is 12.6 Å². The van der Waals surface area contributed by atoms with Crippen molar-refractivity contribution >= 4 is 11.6 Å². The summed E-state index contributed by atoms with van der Waals surface area (Å²) in [4.78, 5) is 12.0. The highest BCUT2D eigenvalue weighted by molar-refractivity contribution is 5.92. The van der Waals surface area contributed by atoms with Gasteiger partial charge in [0.1, 0.15) is 5.82 Å². The number of alkyl halides is 3. The van der Waals surface area contributed by atoms with Gasteiger partial charge in [0.15, 0.2) is 5.76 Å². The highest BCUT2D eigenvalue weighted by atomic mass is 19.4. The van der Waals surface area contributed by atoms with E-state index >= 15 is 0 Å². The van der Waals surface area contributed by atoms with Crippen molar-refractivity contribution in [2.75, 3.05) is 5.32 Å². The normalized spacial score (nSPS) is 11.4. The second kappa shape index (κ2) is 6.99. The Morgan fingerprint density at radius 3 is 2.58 bits per heavy atom. The molecule has 0 fully saturated rings. The number of hydrogen-bond acceptors (Lipinski definition) is 3. The second-order valence-corrected chi connectivity index (χ2v) is 5.47. The van der Waals surface area contributed by atoms with Crippen molar-refractivity contribution in [3.63, 3.8) is 0 Å². The molecule has 134 valence electrons. The summed E-state index contributed by atoms with van der Waals surface area (Å²) in [6.45, 7) is 0. The van der Waals surface area contributed by atoms with Gasteiger partial charge in [0, 0.05) is 11.8 Å². The Bertz CT molecular complexity index is 935. The Hall–Kier alpha value is -3.16. The van der Waals surface area contributed by atoms with Crippen LogP contribution in [0.3, 0.4) is 0 Å². The van der Waals surface area contributed by atoms with Crippen LogP contribution in [0.1, 0.15) is 11.3 Å². The fraction of sp³-hybridized carbons (Fsp3) is 0.111. The predicted octanol–water partition coefficient (Wildman–Crippen LogP) is 4.68. The fourth-order valence-electron chi connectivity index (χ4n) is 2.33. The predicted molar refractivity (Wildman–Crippen MR) is 85.7 cm³/mol. The molecule has 8 heteroatoms. The SMILES string of the molecule is O=C(Cc1cc(-c2ccccc2F)on1)Nc1cccc(C(F)(F)F)c1. The van der Waals surface area contributed by atoms with Crippen LogP contribution in [-0.2, 0) is 17.4 Å². The van der Waals surface area contributed by atoms with Gasteiger partial charge in [0.2, 0.25) is 5.91 Å².